The fraction of sp³-hybridized carbons (Fsp3) is 1.00. The van der Waals surface area contributed by atoms with E-state index in [0.717, 1.165) is 0 Å². The minimum absolute atomic E-state index is 1.41. The molecule has 0 heterocycles. The highest BCUT2D eigenvalue weighted by atomic mass is 35.5. The molecule has 0 aliphatic rings. The van der Waals surface area contributed by atoms with Gasteiger partial charge in [-0.3, -0.25) is 0 Å². The van der Waals surface area contributed by atoms with Crippen molar-refractivity contribution in [3.05, 3.63) is 0 Å². The van der Waals surface area contributed by atoms with Crippen molar-refractivity contribution >= 4 is 69.6 Å². The van der Waals surface area contributed by atoms with Crippen molar-refractivity contribution in [3.63, 3.8) is 0 Å². The second-order valence-electron chi connectivity index (χ2n) is 1.42. The number of halogens is 7. The summed E-state index contributed by atoms with van der Waals surface area (Å²) < 4.78 is 7.42. The van der Waals surface area contributed by atoms with Crippen LogP contribution in [0.3, 0.4) is 0 Å². The number of hydrogen-bond acceptors (Lipinski definition) is 0. The molecular formula is C3HCl6F. The van der Waals surface area contributed by atoms with Crippen LogP contribution in [0.2, 0.25) is 0 Å². The average molecular weight is 269 g/mol. The lowest BCUT2D eigenvalue weighted by atomic mass is 10.5. The summed E-state index contributed by atoms with van der Waals surface area (Å²) in [6, 6.07) is 0. The van der Waals surface area contributed by atoms with Crippen molar-refractivity contribution in [2.24, 2.45) is 0 Å². The molecule has 10 heavy (non-hydrogen) atoms. The molecule has 0 bridgehead atoms. The largest absolute Gasteiger partial charge is 0.293 e. The molecule has 0 atom stereocenters. The third kappa shape index (κ3) is 2.62. The number of alkyl halides is 7. The molecule has 0 rings (SSSR count). The lowest BCUT2D eigenvalue weighted by molar-refractivity contribution is 0.363. The van der Waals surface area contributed by atoms with Crippen molar-refractivity contribution < 1.29 is 4.39 Å². The van der Waals surface area contributed by atoms with E-state index in [-0.39, 0.29) is 0 Å². The Labute approximate surface area is 87.5 Å². The molecule has 0 aromatic carbocycles. The lowest BCUT2D eigenvalue weighted by Crippen LogP contribution is -2.38. The molecular weight excluding hydrogens is 268 g/mol. The molecule has 0 amide bonds. The van der Waals surface area contributed by atoms with Crippen LogP contribution in [0.5, 0.6) is 0 Å². The molecule has 0 aliphatic heterocycles. The summed E-state index contributed by atoms with van der Waals surface area (Å²) in [4.78, 5) is -1.41. The summed E-state index contributed by atoms with van der Waals surface area (Å²) >= 11 is 30.5. The van der Waals surface area contributed by atoms with Gasteiger partial charge >= 0.3 is 0 Å². The van der Waals surface area contributed by atoms with Crippen LogP contribution in [-0.2, 0) is 0 Å². The Morgan fingerprint density at radius 1 is 1.00 bits per heavy atom. The highest BCUT2D eigenvalue weighted by molar-refractivity contribution is 6.67. The lowest BCUT2D eigenvalue weighted by Gasteiger charge is -2.26. The van der Waals surface area contributed by atoms with Crippen LogP contribution in [0.25, 0.3) is 0 Å². The quantitative estimate of drug-likeness (QED) is 0.663. The molecule has 62 valence electrons. The van der Waals surface area contributed by atoms with Gasteiger partial charge in [0.15, 0.2) is 0 Å². The van der Waals surface area contributed by atoms with Gasteiger partial charge in [0.25, 0.3) is 4.59 Å². The van der Waals surface area contributed by atoms with Gasteiger partial charge < -0.3 is 0 Å². The van der Waals surface area contributed by atoms with E-state index in [9.17, 15) is 4.39 Å². The van der Waals surface area contributed by atoms with E-state index in [0.29, 0.717) is 0 Å². The normalized spacial score (nSPS) is 14.4. The first-order chi connectivity index (χ1) is 4.19. The first kappa shape index (κ1) is 11.7. The first-order valence-corrected chi connectivity index (χ1v) is 4.30. The molecule has 0 saturated heterocycles. The predicted molar refractivity (Wildman–Crippen MR) is 45.5 cm³/mol. The Morgan fingerprint density at radius 3 is 1.30 bits per heavy atom. The SMILES string of the molecule is FC(Cl)(Cl)C(Cl)(Cl)C(Cl)Cl. The second kappa shape index (κ2) is 3.59. The van der Waals surface area contributed by atoms with E-state index in [4.69, 9.17) is 69.6 Å². The Bertz CT molecular complexity index is 115. The van der Waals surface area contributed by atoms with Crippen LogP contribution in [-0.4, -0.2) is 13.8 Å². The summed E-state index contributed by atoms with van der Waals surface area (Å²) in [5.74, 6) is 0. The number of hydrogen-bond donors (Lipinski definition) is 0. The molecule has 7 heteroatoms. The van der Waals surface area contributed by atoms with E-state index < -0.39 is 13.8 Å². The summed E-state index contributed by atoms with van der Waals surface area (Å²) in [7, 11) is 0. The molecule has 0 radical (unpaired) electrons. The van der Waals surface area contributed by atoms with Gasteiger partial charge in [0, 0.05) is 0 Å². The summed E-state index contributed by atoms with van der Waals surface area (Å²) in [5, 5.41) is 0. The summed E-state index contributed by atoms with van der Waals surface area (Å²) in [5.41, 5.74) is 0. The second-order valence-corrected chi connectivity index (χ2v) is 5.14. The minimum Gasteiger partial charge on any atom is -0.205 e. The van der Waals surface area contributed by atoms with Crippen LogP contribution in [0.4, 0.5) is 4.39 Å². The van der Waals surface area contributed by atoms with Gasteiger partial charge in [-0.15, -0.1) is 23.2 Å². The molecule has 0 aliphatic carbocycles. The monoisotopic (exact) mass is 266 g/mol. The Kier molecular flexibility index (Phi) is 4.19. The zero-order valence-electron chi connectivity index (χ0n) is 4.22. The molecule has 0 aromatic heterocycles. The Morgan fingerprint density at radius 2 is 1.30 bits per heavy atom. The summed E-state index contributed by atoms with van der Waals surface area (Å²) in [6.45, 7) is 0. The molecule has 0 saturated carbocycles. The maximum absolute atomic E-state index is 12.5. The highest BCUT2D eigenvalue weighted by Gasteiger charge is 2.52. The van der Waals surface area contributed by atoms with E-state index >= 15 is 0 Å². The molecule has 0 unspecified atom stereocenters. The van der Waals surface area contributed by atoms with Crippen molar-refractivity contribution in [3.8, 4) is 0 Å². The van der Waals surface area contributed by atoms with Crippen LogP contribution in [0, 0.1) is 0 Å². The van der Waals surface area contributed by atoms with Crippen molar-refractivity contribution in [1.82, 2.24) is 0 Å². The van der Waals surface area contributed by atoms with Gasteiger partial charge in [-0.2, -0.15) is 0 Å². The van der Waals surface area contributed by atoms with Gasteiger partial charge in [0.2, 0.25) is 4.33 Å². The van der Waals surface area contributed by atoms with Crippen molar-refractivity contribution in [2.75, 3.05) is 0 Å². The highest BCUT2D eigenvalue weighted by Crippen LogP contribution is 2.48. The fourth-order valence-electron chi connectivity index (χ4n) is 0.124. The zero-order valence-corrected chi connectivity index (χ0v) is 8.76. The van der Waals surface area contributed by atoms with E-state index in [2.05, 4.69) is 0 Å². The van der Waals surface area contributed by atoms with E-state index in [1.807, 2.05) is 0 Å². The van der Waals surface area contributed by atoms with Crippen LogP contribution in [0.15, 0.2) is 0 Å². The average Bonchev–Trinajstić information content (AvgIpc) is 1.62. The third-order valence-electron chi connectivity index (χ3n) is 0.652. The summed E-state index contributed by atoms with van der Waals surface area (Å²) in [6.07, 6.45) is 0. The van der Waals surface area contributed by atoms with Gasteiger partial charge in [-0.1, -0.05) is 46.4 Å². The molecule has 0 nitrogen and oxygen atoms in total. The van der Waals surface area contributed by atoms with E-state index in [1.54, 1.807) is 0 Å². The first-order valence-electron chi connectivity index (χ1n) is 1.92. The molecule has 0 N–H and O–H groups in total. The Hall–Kier alpha value is 1.67. The van der Waals surface area contributed by atoms with Crippen molar-refractivity contribution in [2.45, 2.75) is 13.8 Å². The topological polar surface area (TPSA) is 0 Å². The maximum Gasteiger partial charge on any atom is 0.293 e. The molecule has 0 fully saturated rings. The zero-order chi connectivity index (χ0) is 8.58. The van der Waals surface area contributed by atoms with Gasteiger partial charge in [-0.25, -0.2) is 4.39 Å². The van der Waals surface area contributed by atoms with Gasteiger partial charge in [0.05, 0.1) is 0 Å². The maximum atomic E-state index is 12.5. The predicted octanol–water partition coefficient (Wildman–Crippen LogP) is 4.06. The van der Waals surface area contributed by atoms with E-state index in [1.165, 1.54) is 0 Å². The van der Waals surface area contributed by atoms with Crippen LogP contribution < -0.4 is 0 Å². The minimum atomic E-state index is -2.87. The van der Waals surface area contributed by atoms with Gasteiger partial charge in [-0.05, 0) is 0 Å². The Balaban J connectivity index is 4.40. The molecule has 0 spiro atoms. The number of rotatable bonds is 2. The fourth-order valence-corrected chi connectivity index (χ4v) is 0.866. The smallest absolute Gasteiger partial charge is 0.205 e. The van der Waals surface area contributed by atoms with Crippen molar-refractivity contribution in [1.29, 1.82) is 0 Å². The van der Waals surface area contributed by atoms with Gasteiger partial charge in [0.1, 0.15) is 4.84 Å². The standard InChI is InChI=1S/C3HCl6F/c4-1(5)2(6,7)3(8,9)10/h1H. The van der Waals surface area contributed by atoms with Crippen LogP contribution >= 0.6 is 69.6 Å². The molecule has 0 aromatic rings. The third-order valence-corrected chi connectivity index (χ3v) is 3.69. The van der Waals surface area contributed by atoms with Crippen LogP contribution in [0.1, 0.15) is 0 Å².